The monoisotopic (exact) mass is 439 g/mol. The predicted octanol–water partition coefficient (Wildman–Crippen LogP) is 2.90. The number of nitrogens with zero attached hydrogens (tertiary/aromatic N) is 2. The Balaban J connectivity index is 1.15. The SMILES string of the molecule is Cc1cccc(CNC(=O)[C@@H]2CC23CCN(C(=O)[C@H]2CC(=O)OC24CCCCC4)CC3)n1. The number of carbonyl (C=O) groups is 3. The molecule has 4 fully saturated rings. The number of nitrogens with one attached hydrogen (secondary N) is 1. The molecular formula is C25H33N3O4. The van der Waals surface area contributed by atoms with Crippen LogP contribution in [-0.2, 0) is 25.7 Å². The number of hydrogen-bond acceptors (Lipinski definition) is 5. The maximum atomic E-state index is 13.4. The van der Waals surface area contributed by atoms with Crippen LogP contribution >= 0.6 is 0 Å². The van der Waals surface area contributed by atoms with Gasteiger partial charge in [-0.25, -0.2) is 0 Å². The molecule has 4 aliphatic rings. The summed E-state index contributed by atoms with van der Waals surface area (Å²) in [6, 6.07) is 5.83. The highest BCUT2D eigenvalue weighted by Gasteiger charge is 2.60. The van der Waals surface area contributed by atoms with Gasteiger partial charge in [-0.2, -0.15) is 0 Å². The van der Waals surface area contributed by atoms with Crippen LogP contribution in [0.25, 0.3) is 0 Å². The second kappa shape index (κ2) is 8.16. The van der Waals surface area contributed by atoms with Gasteiger partial charge in [0.25, 0.3) is 0 Å². The van der Waals surface area contributed by atoms with Gasteiger partial charge in [0.15, 0.2) is 0 Å². The minimum Gasteiger partial charge on any atom is -0.458 e. The lowest BCUT2D eigenvalue weighted by molar-refractivity contribution is -0.156. The van der Waals surface area contributed by atoms with E-state index < -0.39 is 5.60 Å². The molecule has 5 rings (SSSR count). The molecule has 0 aromatic carbocycles. The summed E-state index contributed by atoms with van der Waals surface area (Å²) >= 11 is 0. The summed E-state index contributed by atoms with van der Waals surface area (Å²) < 4.78 is 5.74. The van der Waals surface area contributed by atoms with Gasteiger partial charge in [0.1, 0.15) is 5.60 Å². The molecule has 2 saturated heterocycles. The second-order valence-corrected chi connectivity index (χ2v) is 10.3. The number of pyridine rings is 1. The van der Waals surface area contributed by atoms with E-state index in [2.05, 4.69) is 10.3 Å². The summed E-state index contributed by atoms with van der Waals surface area (Å²) in [6.45, 7) is 3.74. The van der Waals surface area contributed by atoms with Crippen molar-refractivity contribution in [1.29, 1.82) is 0 Å². The third kappa shape index (κ3) is 3.90. The van der Waals surface area contributed by atoms with Crippen LogP contribution in [0.4, 0.5) is 0 Å². The van der Waals surface area contributed by atoms with Crippen molar-refractivity contribution in [2.24, 2.45) is 17.3 Å². The molecule has 32 heavy (non-hydrogen) atoms. The van der Waals surface area contributed by atoms with Gasteiger partial charge in [0.2, 0.25) is 11.8 Å². The normalized spacial score (nSPS) is 27.9. The smallest absolute Gasteiger partial charge is 0.307 e. The summed E-state index contributed by atoms with van der Waals surface area (Å²) in [5.74, 6) is -0.334. The van der Waals surface area contributed by atoms with Crippen LogP contribution in [0.3, 0.4) is 0 Å². The summed E-state index contributed by atoms with van der Waals surface area (Å²) in [5.41, 5.74) is 1.29. The van der Waals surface area contributed by atoms with Crippen LogP contribution in [0.2, 0.25) is 0 Å². The molecule has 3 heterocycles. The summed E-state index contributed by atoms with van der Waals surface area (Å²) in [6.07, 6.45) is 7.65. The summed E-state index contributed by atoms with van der Waals surface area (Å²) in [4.78, 5) is 44.5. The lowest BCUT2D eigenvalue weighted by atomic mass is 9.75. The maximum Gasteiger partial charge on any atom is 0.307 e. The number of piperidine rings is 1. The first-order valence-electron chi connectivity index (χ1n) is 12.1. The van der Waals surface area contributed by atoms with Gasteiger partial charge in [-0.1, -0.05) is 12.5 Å². The van der Waals surface area contributed by atoms with Crippen LogP contribution in [0.15, 0.2) is 18.2 Å². The number of esters is 1. The molecule has 2 aliphatic heterocycles. The van der Waals surface area contributed by atoms with E-state index in [1.165, 1.54) is 0 Å². The van der Waals surface area contributed by atoms with Crippen molar-refractivity contribution < 1.29 is 19.1 Å². The Morgan fingerprint density at radius 2 is 1.88 bits per heavy atom. The summed E-state index contributed by atoms with van der Waals surface area (Å²) in [5, 5.41) is 3.05. The lowest BCUT2D eigenvalue weighted by Crippen LogP contribution is -2.49. The van der Waals surface area contributed by atoms with Crippen molar-refractivity contribution in [3.63, 3.8) is 0 Å². The fourth-order valence-electron chi connectivity index (χ4n) is 6.27. The first-order chi connectivity index (χ1) is 15.4. The van der Waals surface area contributed by atoms with Crippen molar-refractivity contribution in [2.45, 2.75) is 76.9 Å². The van der Waals surface area contributed by atoms with Crippen molar-refractivity contribution in [2.75, 3.05) is 13.1 Å². The molecule has 2 aliphatic carbocycles. The van der Waals surface area contributed by atoms with Gasteiger partial charge < -0.3 is 15.0 Å². The largest absolute Gasteiger partial charge is 0.458 e. The van der Waals surface area contributed by atoms with Gasteiger partial charge in [-0.15, -0.1) is 0 Å². The van der Waals surface area contributed by atoms with Gasteiger partial charge in [0, 0.05) is 24.7 Å². The van der Waals surface area contributed by atoms with Crippen LogP contribution in [0, 0.1) is 24.2 Å². The second-order valence-electron chi connectivity index (χ2n) is 10.3. The number of hydrogen-bond donors (Lipinski definition) is 1. The number of aromatic nitrogens is 1. The van der Waals surface area contributed by atoms with E-state index in [1.54, 1.807) is 0 Å². The topological polar surface area (TPSA) is 88.6 Å². The average Bonchev–Trinajstić information content (AvgIpc) is 3.40. The molecule has 7 nitrogen and oxygen atoms in total. The molecule has 7 heteroatoms. The van der Waals surface area contributed by atoms with Crippen molar-refractivity contribution in [3.8, 4) is 0 Å². The van der Waals surface area contributed by atoms with Crippen molar-refractivity contribution in [3.05, 3.63) is 29.6 Å². The third-order valence-electron chi connectivity index (χ3n) is 8.29. The van der Waals surface area contributed by atoms with E-state index in [0.29, 0.717) is 19.6 Å². The fourth-order valence-corrected chi connectivity index (χ4v) is 6.27. The highest BCUT2D eigenvalue weighted by atomic mass is 16.6. The standard InChI is InChI=1S/C25H33N3O4/c1-17-6-5-7-18(27-17)16-26-22(30)20-15-24(20)10-12-28(13-11-24)23(31)19-14-21(29)32-25(19)8-3-2-4-9-25/h5-7,19-20H,2-4,8-16H2,1H3,(H,26,30)/t19-,20+/m1/s1. The average molecular weight is 440 g/mol. The number of carbonyl (C=O) groups excluding carboxylic acids is 3. The van der Waals surface area contributed by atoms with E-state index in [4.69, 9.17) is 4.74 Å². The molecule has 2 saturated carbocycles. The first-order valence-corrected chi connectivity index (χ1v) is 12.1. The highest BCUT2D eigenvalue weighted by molar-refractivity contribution is 5.88. The van der Waals surface area contributed by atoms with Crippen molar-refractivity contribution in [1.82, 2.24) is 15.2 Å². The Kier molecular flexibility index (Phi) is 5.46. The molecule has 172 valence electrons. The number of aryl methyl sites for hydroxylation is 1. The van der Waals surface area contributed by atoms with E-state index in [9.17, 15) is 14.4 Å². The van der Waals surface area contributed by atoms with Crippen LogP contribution in [0.1, 0.15) is 69.2 Å². The van der Waals surface area contributed by atoms with Crippen LogP contribution in [0.5, 0.6) is 0 Å². The zero-order chi connectivity index (χ0) is 22.3. The van der Waals surface area contributed by atoms with Crippen LogP contribution < -0.4 is 5.32 Å². The lowest BCUT2D eigenvalue weighted by Gasteiger charge is -2.40. The Morgan fingerprint density at radius 3 is 2.59 bits per heavy atom. The van der Waals surface area contributed by atoms with E-state index in [0.717, 1.165) is 62.8 Å². The van der Waals surface area contributed by atoms with Gasteiger partial charge in [0.05, 0.1) is 24.6 Å². The molecule has 0 unspecified atom stereocenters. The minimum atomic E-state index is -0.562. The Hall–Kier alpha value is -2.44. The Morgan fingerprint density at radius 1 is 1.12 bits per heavy atom. The molecule has 2 spiro atoms. The number of ether oxygens (including phenoxy) is 1. The zero-order valence-electron chi connectivity index (χ0n) is 18.9. The van der Waals surface area contributed by atoms with Crippen LogP contribution in [-0.4, -0.2) is 46.4 Å². The first kappa shape index (κ1) is 21.4. The molecule has 0 bridgehead atoms. The third-order valence-corrected chi connectivity index (χ3v) is 8.29. The number of rotatable bonds is 4. The van der Waals surface area contributed by atoms with E-state index >= 15 is 0 Å². The van der Waals surface area contributed by atoms with Gasteiger partial charge in [-0.05, 0) is 69.4 Å². The number of amides is 2. The fraction of sp³-hybridized carbons (Fsp3) is 0.680. The molecule has 1 aromatic rings. The molecular weight excluding hydrogens is 406 g/mol. The maximum absolute atomic E-state index is 13.4. The van der Waals surface area contributed by atoms with E-state index in [1.807, 2.05) is 30.0 Å². The molecule has 1 aromatic heterocycles. The zero-order valence-corrected chi connectivity index (χ0v) is 18.9. The molecule has 1 N–H and O–H groups in total. The molecule has 2 atom stereocenters. The Bertz CT molecular complexity index is 916. The van der Waals surface area contributed by atoms with Crippen molar-refractivity contribution >= 4 is 17.8 Å². The quantitative estimate of drug-likeness (QED) is 0.729. The Labute approximate surface area is 189 Å². The minimum absolute atomic E-state index is 0.0330. The summed E-state index contributed by atoms with van der Waals surface area (Å²) in [7, 11) is 0. The van der Waals surface area contributed by atoms with E-state index in [-0.39, 0.29) is 41.5 Å². The van der Waals surface area contributed by atoms with Gasteiger partial charge >= 0.3 is 5.97 Å². The highest BCUT2D eigenvalue weighted by Crippen LogP contribution is 2.59. The molecule has 2 amide bonds. The predicted molar refractivity (Wildman–Crippen MR) is 117 cm³/mol. The molecule has 0 radical (unpaired) electrons. The number of likely N-dealkylation sites (tertiary alicyclic amines) is 1. The van der Waals surface area contributed by atoms with Gasteiger partial charge in [-0.3, -0.25) is 19.4 Å².